The van der Waals surface area contributed by atoms with Crippen LogP contribution in [-0.4, -0.2) is 113 Å². The monoisotopic (exact) mass is 735 g/mol. The van der Waals surface area contributed by atoms with E-state index in [0.717, 1.165) is 94.1 Å². The van der Waals surface area contributed by atoms with Crippen LogP contribution in [-0.2, 0) is 27.1 Å². The zero-order valence-corrected chi connectivity index (χ0v) is 31.7. The van der Waals surface area contributed by atoms with Crippen LogP contribution in [0.5, 0.6) is 5.75 Å². The lowest BCUT2D eigenvalue weighted by molar-refractivity contribution is -0.156. The number of nitrogen functional groups attached to an aromatic ring is 1. The normalized spacial score (nSPS) is 19.0. The van der Waals surface area contributed by atoms with Crippen molar-refractivity contribution in [3.63, 3.8) is 0 Å². The molecule has 0 spiro atoms. The number of carbonyl (C=O) groups is 1. The molecule has 4 aromatic rings. The summed E-state index contributed by atoms with van der Waals surface area (Å²) >= 11 is 0. The number of piperazine rings is 2. The molecular formula is C41H53N9O4. The van der Waals surface area contributed by atoms with E-state index in [0.29, 0.717) is 48.9 Å². The molecular weight excluding hydrogens is 683 g/mol. The highest BCUT2D eigenvalue weighted by atomic mass is 16.6. The molecule has 3 aromatic heterocycles. The van der Waals surface area contributed by atoms with E-state index in [1.165, 1.54) is 5.69 Å². The van der Waals surface area contributed by atoms with Crippen molar-refractivity contribution >= 4 is 29.0 Å². The predicted octanol–water partition coefficient (Wildman–Crippen LogP) is 4.73. The van der Waals surface area contributed by atoms with E-state index in [9.17, 15) is 9.90 Å². The smallest absolute Gasteiger partial charge is 0.320 e. The lowest BCUT2D eigenvalue weighted by Gasteiger charge is -2.43. The highest BCUT2D eigenvalue weighted by molar-refractivity contribution is 5.74. The number of para-hydroxylation sites is 1. The van der Waals surface area contributed by atoms with Gasteiger partial charge in [0, 0.05) is 87.3 Å². The van der Waals surface area contributed by atoms with Gasteiger partial charge in [-0.2, -0.15) is 0 Å². The highest BCUT2D eigenvalue weighted by Gasteiger charge is 2.41. The first-order chi connectivity index (χ1) is 26.1. The summed E-state index contributed by atoms with van der Waals surface area (Å²) in [6.07, 6.45) is 8.69. The molecule has 13 heteroatoms. The van der Waals surface area contributed by atoms with Crippen LogP contribution in [0.1, 0.15) is 51.3 Å². The maximum Gasteiger partial charge on any atom is 0.320 e. The number of phenols is 1. The topological polar surface area (TPSA) is 146 Å². The van der Waals surface area contributed by atoms with Crippen LogP contribution in [0.4, 0.5) is 23.0 Å². The van der Waals surface area contributed by atoms with Crippen molar-refractivity contribution in [1.82, 2.24) is 25.1 Å². The van der Waals surface area contributed by atoms with Crippen molar-refractivity contribution in [2.45, 2.75) is 70.6 Å². The van der Waals surface area contributed by atoms with Gasteiger partial charge in [-0.05, 0) is 94.8 Å². The van der Waals surface area contributed by atoms with E-state index in [1.54, 1.807) is 12.1 Å². The fraction of sp³-hybridized carbons (Fsp3) is 0.488. The van der Waals surface area contributed by atoms with Crippen LogP contribution in [0, 0.1) is 0 Å². The van der Waals surface area contributed by atoms with Crippen molar-refractivity contribution < 1.29 is 19.4 Å². The summed E-state index contributed by atoms with van der Waals surface area (Å²) < 4.78 is 11.5. The second-order valence-corrected chi connectivity index (χ2v) is 15.6. The van der Waals surface area contributed by atoms with Crippen LogP contribution in [0.25, 0.3) is 11.3 Å². The number of aromatic hydroxyl groups is 1. The Morgan fingerprint density at radius 1 is 0.907 bits per heavy atom. The van der Waals surface area contributed by atoms with E-state index < -0.39 is 5.60 Å². The number of phenolic OH excluding ortho intramolecular Hbond substituents is 1. The Kier molecular flexibility index (Phi) is 11.4. The van der Waals surface area contributed by atoms with E-state index >= 15 is 0 Å². The van der Waals surface area contributed by atoms with Gasteiger partial charge in [-0.15, -0.1) is 10.2 Å². The Bertz CT molecular complexity index is 1860. The predicted molar refractivity (Wildman–Crippen MR) is 211 cm³/mol. The number of ether oxygens (including phenoxy) is 2. The van der Waals surface area contributed by atoms with Gasteiger partial charge in [0.25, 0.3) is 0 Å². The summed E-state index contributed by atoms with van der Waals surface area (Å²) in [4.78, 5) is 30.9. The molecule has 0 radical (unpaired) electrons. The standard InChI is InChI=1S/C41H53N9O4/c1-41(2,3)54-39(52)28-47-17-19-48(20-18-47)38-13-10-29(25-44-38)15-22-53-21-6-7-30-23-31(14-16-43-30)50-32-11-12-33(50)27-49(26-32)36-24-35(45-46-40(36)42)34-8-4-5-9-37(34)51/h4-5,8-10,13-14,16,23-25,32-33,51H,6-7,11-12,15,17-22,26-28H2,1-3H3,(H2,42,46). The number of hydrogen-bond donors (Lipinski definition) is 2. The van der Waals surface area contributed by atoms with Gasteiger partial charge in [-0.25, -0.2) is 4.98 Å². The number of esters is 1. The first-order valence-corrected chi connectivity index (χ1v) is 19.2. The lowest BCUT2D eigenvalue weighted by atomic mass is 10.1. The van der Waals surface area contributed by atoms with Crippen LogP contribution in [0.2, 0.25) is 0 Å². The minimum atomic E-state index is -0.459. The molecule has 3 fully saturated rings. The average molecular weight is 736 g/mol. The number of aryl methyl sites for hydroxylation is 1. The number of aromatic nitrogens is 4. The van der Waals surface area contributed by atoms with Gasteiger partial charge in [0.15, 0.2) is 5.82 Å². The minimum absolute atomic E-state index is 0.172. The Balaban J connectivity index is 0.835. The summed E-state index contributed by atoms with van der Waals surface area (Å²) in [5, 5.41) is 18.9. The number of pyridine rings is 2. The number of rotatable bonds is 13. The first-order valence-electron chi connectivity index (χ1n) is 19.2. The Morgan fingerprint density at radius 3 is 2.41 bits per heavy atom. The van der Waals surface area contributed by atoms with Crippen LogP contribution >= 0.6 is 0 Å². The molecule has 0 aliphatic carbocycles. The Hall–Kier alpha value is -5.01. The summed E-state index contributed by atoms with van der Waals surface area (Å²) in [7, 11) is 0. The van der Waals surface area contributed by atoms with Crippen molar-refractivity contribution in [1.29, 1.82) is 0 Å². The molecule has 0 amide bonds. The molecule has 3 aliphatic rings. The third kappa shape index (κ3) is 9.19. The molecule has 3 saturated heterocycles. The molecule has 3 N–H and O–H groups in total. The minimum Gasteiger partial charge on any atom is -0.507 e. The summed E-state index contributed by atoms with van der Waals surface area (Å²) in [5.74, 6) is 1.38. The van der Waals surface area contributed by atoms with Crippen LogP contribution in [0.3, 0.4) is 0 Å². The van der Waals surface area contributed by atoms with Crippen molar-refractivity contribution in [2.24, 2.45) is 0 Å². The van der Waals surface area contributed by atoms with E-state index in [-0.39, 0.29) is 11.7 Å². The van der Waals surface area contributed by atoms with Crippen molar-refractivity contribution in [2.75, 3.05) is 79.5 Å². The Morgan fingerprint density at radius 2 is 1.69 bits per heavy atom. The van der Waals surface area contributed by atoms with Gasteiger partial charge in [0.2, 0.25) is 0 Å². The molecule has 13 nitrogen and oxygen atoms in total. The molecule has 3 aliphatic heterocycles. The second kappa shape index (κ2) is 16.6. The molecule has 286 valence electrons. The molecule has 2 unspecified atom stereocenters. The van der Waals surface area contributed by atoms with Crippen molar-refractivity contribution in [3.05, 3.63) is 78.2 Å². The third-order valence-corrected chi connectivity index (χ3v) is 10.4. The number of anilines is 4. The van der Waals surface area contributed by atoms with Gasteiger partial charge in [0.1, 0.15) is 17.2 Å². The summed E-state index contributed by atoms with van der Waals surface area (Å²) in [6.45, 7) is 12.3. The average Bonchev–Trinajstić information content (AvgIpc) is 3.42. The number of fused-ring (bicyclic) bond motifs is 2. The van der Waals surface area contributed by atoms with Crippen LogP contribution in [0.15, 0.2) is 67.0 Å². The third-order valence-electron chi connectivity index (χ3n) is 10.4. The number of hydrogen-bond acceptors (Lipinski definition) is 13. The second-order valence-electron chi connectivity index (χ2n) is 15.6. The molecule has 6 heterocycles. The van der Waals surface area contributed by atoms with Gasteiger partial charge < -0.3 is 35.0 Å². The van der Waals surface area contributed by atoms with Gasteiger partial charge >= 0.3 is 5.97 Å². The summed E-state index contributed by atoms with van der Waals surface area (Å²) in [6, 6.07) is 18.4. The van der Waals surface area contributed by atoms with Gasteiger partial charge in [-0.1, -0.05) is 18.2 Å². The fourth-order valence-corrected chi connectivity index (χ4v) is 7.84. The number of nitrogens with zero attached hydrogens (tertiary/aromatic N) is 8. The molecule has 54 heavy (non-hydrogen) atoms. The maximum absolute atomic E-state index is 12.2. The molecule has 2 atom stereocenters. The molecule has 1 aromatic carbocycles. The largest absolute Gasteiger partial charge is 0.507 e. The van der Waals surface area contributed by atoms with E-state index in [1.807, 2.05) is 51.4 Å². The number of carbonyl (C=O) groups excluding carboxylic acids is 1. The molecule has 0 saturated carbocycles. The van der Waals surface area contributed by atoms with E-state index in [2.05, 4.69) is 59.0 Å². The van der Waals surface area contributed by atoms with Gasteiger partial charge in [0.05, 0.1) is 24.5 Å². The zero-order valence-electron chi connectivity index (χ0n) is 31.7. The highest BCUT2D eigenvalue weighted by Crippen LogP contribution is 2.39. The molecule has 7 rings (SSSR count). The lowest BCUT2D eigenvalue weighted by Crippen LogP contribution is -2.54. The zero-order chi connectivity index (χ0) is 37.7. The number of nitrogens with two attached hydrogens (primary N) is 1. The SMILES string of the molecule is CC(C)(C)OC(=O)CN1CCN(c2ccc(CCOCCCc3cc(N4C5CCC4CN(c4cc(-c6ccccc6O)nnc4N)C5)ccn3)cn2)CC1. The molecule has 2 bridgehead atoms. The fourth-order valence-electron chi connectivity index (χ4n) is 7.84. The quantitative estimate of drug-likeness (QED) is 0.144. The van der Waals surface area contributed by atoms with E-state index in [4.69, 9.17) is 20.2 Å². The Labute approximate surface area is 318 Å². The van der Waals surface area contributed by atoms with Gasteiger partial charge in [-0.3, -0.25) is 14.7 Å². The maximum atomic E-state index is 12.2. The van der Waals surface area contributed by atoms with Crippen LogP contribution < -0.4 is 20.4 Å². The van der Waals surface area contributed by atoms with Crippen molar-refractivity contribution in [3.8, 4) is 17.0 Å². The summed E-state index contributed by atoms with van der Waals surface area (Å²) in [5.41, 5.74) is 11.5. The number of benzene rings is 1. The first kappa shape index (κ1) is 37.3.